The number of nitrogens with zero attached hydrogens (tertiary/aromatic N) is 3. The van der Waals surface area contributed by atoms with Crippen LogP contribution >= 0.6 is 0 Å². The molecule has 1 N–H and O–H groups in total. The second-order valence-electron chi connectivity index (χ2n) is 8.82. The van der Waals surface area contributed by atoms with Crippen LogP contribution in [0, 0.1) is 0 Å². The fraction of sp³-hybridized carbons (Fsp3) is 0.286. The Labute approximate surface area is 204 Å². The van der Waals surface area contributed by atoms with Gasteiger partial charge in [-0.05, 0) is 31.5 Å². The molecule has 2 aromatic heterocycles. The second kappa shape index (κ2) is 9.43. The molecule has 7 heteroatoms. The molecule has 1 saturated heterocycles. The number of fused-ring (bicyclic) bond motifs is 3. The maximum Gasteiger partial charge on any atom is 0.342 e. The molecule has 1 aliphatic heterocycles. The molecule has 0 radical (unpaired) electrons. The van der Waals surface area contributed by atoms with Gasteiger partial charge in [-0.3, -0.25) is 9.88 Å². The van der Waals surface area contributed by atoms with E-state index in [0.29, 0.717) is 27.5 Å². The number of piperazine rings is 1. The first kappa shape index (κ1) is 22.9. The zero-order valence-corrected chi connectivity index (χ0v) is 20.0. The molecule has 0 saturated carbocycles. The van der Waals surface area contributed by atoms with Gasteiger partial charge in [-0.25, -0.2) is 4.79 Å². The fourth-order valence-electron chi connectivity index (χ4n) is 5.07. The average Bonchev–Trinajstić information content (AvgIpc) is 3.32. The van der Waals surface area contributed by atoms with E-state index in [0.717, 1.165) is 42.8 Å². The number of furan rings is 1. The Morgan fingerprint density at radius 2 is 1.83 bits per heavy atom. The highest BCUT2D eigenvalue weighted by Gasteiger charge is 2.33. The van der Waals surface area contributed by atoms with Gasteiger partial charge in [0.1, 0.15) is 23.2 Å². The maximum atomic E-state index is 13.0. The van der Waals surface area contributed by atoms with Gasteiger partial charge in [0.15, 0.2) is 0 Å². The molecule has 0 amide bonds. The molecule has 1 aliphatic rings. The van der Waals surface area contributed by atoms with Crippen molar-refractivity contribution in [1.82, 2.24) is 14.8 Å². The topological polar surface area (TPSA) is 79.0 Å². The quantitative estimate of drug-likeness (QED) is 0.392. The summed E-state index contributed by atoms with van der Waals surface area (Å²) in [6, 6.07) is 11.2. The molecule has 0 aliphatic carbocycles. The molecule has 4 aromatic rings. The van der Waals surface area contributed by atoms with Crippen molar-refractivity contribution in [3.63, 3.8) is 0 Å². The summed E-state index contributed by atoms with van der Waals surface area (Å²) in [6.45, 7) is 11.3. The monoisotopic (exact) mass is 471 g/mol. The van der Waals surface area contributed by atoms with Crippen LogP contribution in [-0.4, -0.2) is 58.6 Å². The molecule has 1 atom stereocenters. The molecular formula is C28H29N3O4. The predicted octanol–water partition coefficient (Wildman–Crippen LogP) is 5.10. The Balaban J connectivity index is 1.78. The van der Waals surface area contributed by atoms with Crippen molar-refractivity contribution in [1.29, 1.82) is 0 Å². The number of hydrogen-bond acceptors (Lipinski definition) is 7. The minimum absolute atomic E-state index is 0.143. The number of carbonyl (C=O) groups excluding carboxylic acids is 1. The SMILES string of the molecule is C=C(C)N1CCN(C(c2ccncc2)c2c(O)c3ccccc3c3occ(C(=O)OCC)c23)CC1. The van der Waals surface area contributed by atoms with Gasteiger partial charge in [-0.2, -0.15) is 0 Å². The zero-order chi connectivity index (χ0) is 24.5. The van der Waals surface area contributed by atoms with Crippen LogP contribution in [0.15, 0.2) is 71.7 Å². The van der Waals surface area contributed by atoms with Gasteiger partial charge in [-0.15, -0.1) is 0 Å². The Morgan fingerprint density at radius 3 is 2.49 bits per heavy atom. The Bertz CT molecular complexity index is 1390. The van der Waals surface area contributed by atoms with Crippen molar-refractivity contribution in [3.8, 4) is 5.75 Å². The summed E-state index contributed by atoms with van der Waals surface area (Å²) in [5.41, 5.74) is 3.55. The number of carbonyl (C=O) groups is 1. The second-order valence-corrected chi connectivity index (χ2v) is 8.82. The summed E-state index contributed by atoms with van der Waals surface area (Å²) in [6.07, 6.45) is 4.95. The van der Waals surface area contributed by atoms with Gasteiger partial charge in [0.25, 0.3) is 0 Å². The number of aromatic nitrogens is 1. The van der Waals surface area contributed by atoms with E-state index in [-0.39, 0.29) is 18.4 Å². The van der Waals surface area contributed by atoms with Gasteiger partial charge in [0.05, 0.1) is 12.6 Å². The van der Waals surface area contributed by atoms with Crippen LogP contribution in [0.2, 0.25) is 0 Å². The standard InChI is InChI=1S/C28H29N3O4/c1-4-34-28(33)22-17-35-27-21-8-6-5-7-20(21)26(32)24(23(22)27)25(19-9-11-29-12-10-19)31-15-13-30(14-16-31)18(2)3/h5-12,17,25,32H,2,4,13-16H2,1,3H3. The van der Waals surface area contributed by atoms with Crippen LogP contribution in [-0.2, 0) is 4.74 Å². The number of allylic oxidation sites excluding steroid dienone is 1. The van der Waals surface area contributed by atoms with Crippen molar-refractivity contribution in [3.05, 3.63) is 84.0 Å². The molecule has 180 valence electrons. The molecule has 0 bridgehead atoms. The lowest BCUT2D eigenvalue weighted by atomic mass is 9.89. The van der Waals surface area contributed by atoms with Gasteiger partial charge >= 0.3 is 5.97 Å². The Morgan fingerprint density at radius 1 is 1.14 bits per heavy atom. The summed E-state index contributed by atoms with van der Waals surface area (Å²) in [4.78, 5) is 21.8. The number of ether oxygens (including phenoxy) is 1. The summed E-state index contributed by atoms with van der Waals surface area (Å²) in [5.74, 6) is -0.327. The van der Waals surface area contributed by atoms with E-state index in [1.165, 1.54) is 6.26 Å². The van der Waals surface area contributed by atoms with Gasteiger partial charge in [0.2, 0.25) is 0 Å². The minimum Gasteiger partial charge on any atom is -0.507 e. The minimum atomic E-state index is -0.470. The van der Waals surface area contributed by atoms with Crippen molar-refractivity contribution in [2.75, 3.05) is 32.8 Å². The summed E-state index contributed by atoms with van der Waals surface area (Å²) < 4.78 is 11.3. The molecule has 35 heavy (non-hydrogen) atoms. The van der Waals surface area contributed by atoms with Crippen LogP contribution in [0.3, 0.4) is 0 Å². The van der Waals surface area contributed by atoms with Crippen molar-refractivity contribution in [2.45, 2.75) is 19.9 Å². The predicted molar refractivity (Wildman–Crippen MR) is 135 cm³/mol. The molecule has 0 spiro atoms. The normalized spacial score (nSPS) is 15.4. The highest BCUT2D eigenvalue weighted by atomic mass is 16.5. The van der Waals surface area contributed by atoms with Crippen molar-refractivity contribution in [2.24, 2.45) is 0 Å². The summed E-state index contributed by atoms with van der Waals surface area (Å²) >= 11 is 0. The van der Waals surface area contributed by atoms with E-state index in [4.69, 9.17) is 9.15 Å². The third-order valence-electron chi connectivity index (χ3n) is 6.75. The summed E-state index contributed by atoms with van der Waals surface area (Å²) in [5, 5.41) is 13.8. The summed E-state index contributed by atoms with van der Waals surface area (Å²) in [7, 11) is 0. The van der Waals surface area contributed by atoms with E-state index < -0.39 is 5.97 Å². The number of hydrogen-bond donors (Lipinski definition) is 1. The van der Waals surface area contributed by atoms with Gasteiger partial charge < -0.3 is 19.2 Å². The fourth-order valence-corrected chi connectivity index (χ4v) is 5.07. The average molecular weight is 472 g/mol. The highest BCUT2D eigenvalue weighted by molar-refractivity contribution is 6.16. The first-order chi connectivity index (χ1) is 17.0. The number of pyridine rings is 1. The van der Waals surface area contributed by atoms with Crippen LogP contribution in [0.4, 0.5) is 0 Å². The van der Waals surface area contributed by atoms with Crippen LogP contribution in [0.25, 0.3) is 21.7 Å². The Hall–Kier alpha value is -3.84. The largest absolute Gasteiger partial charge is 0.507 e. The molecule has 3 heterocycles. The van der Waals surface area contributed by atoms with Gasteiger partial charge in [0, 0.05) is 66.0 Å². The maximum absolute atomic E-state index is 13.0. The van der Waals surface area contributed by atoms with E-state index in [9.17, 15) is 9.90 Å². The lowest BCUT2D eigenvalue weighted by Crippen LogP contribution is -2.47. The first-order valence-electron chi connectivity index (χ1n) is 11.9. The molecule has 1 fully saturated rings. The number of phenolic OH excluding ortho intramolecular Hbond substituents is 1. The van der Waals surface area contributed by atoms with E-state index in [1.54, 1.807) is 19.3 Å². The number of rotatable bonds is 6. The number of phenols is 1. The molecule has 2 aromatic carbocycles. The molecule has 7 nitrogen and oxygen atoms in total. The van der Waals surface area contributed by atoms with E-state index >= 15 is 0 Å². The van der Waals surface area contributed by atoms with E-state index in [2.05, 4.69) is 21.4 Å². The first-order valence-corrected chi connectivity index (χ1v) is 11.9. The van der Waals surface area contributed by atoms with Crippen LogP contribution < -0.4 is 0 Å². The number of benzene rings is 2. The van der Waals surface area contributed by atoms with Crippen molar-refractivity contribution >= 4 is 27.7 Å². The Kier molecular flexibility index (Phi) is 6.17. The lowest BCUT2D eigenvalue weighted by Gasteiger charge is -2.41. The molecule has 1 unspecified atom stereocenters. The van der Waals surface area contributed by atoms with E-state index in [1.807, 2.05) is 43.3 Å². The molecule has 5 rings (SSSR count). The van der Waals surface area contributed by atoms with Crippen molar-refractivity contribution < 1.29 is 19.1 Å². The lowest BCUT2D eigenvalue weighted by molar-refractivity contribution is 0.0527. The third kappa shape index (κ3) is 4.02. The molecular weight excluding hydrogens is 442 g/mol. The smallest absolute Gasteiger partial charge is 0.342 e. The number of aromatic hydroxyl groups is 1. The number of esters is 1. The van der Waals surface area contributed by atoms with Crippen LogP contribution in [0.5, 0.6) is 5.75 Å². The van der Waals surface area contributed by atoms with Crippen LogP contribution in [0.1, 0.15) is 41.4 Å². The van der Waals surface area contributed by atoms with Gasteiger partial charge in [-0.1, -0.05) is 30.8 Å². The highest BCUT2D eigenvalue weighted by Crippen LogP contribution is 2.46. The third-order valence-corrected chi connectivity index (χ3v) is 6.75. The zero-order valence-electron chi connectivity index (χ0n) is 20.0.